The Morgan fingerprint density at radius 2 is 2.00 bits per heavy atom. The lowest BCUT2D eigenvalue weighted by molar-refractivity contribution is -0.137. The number of hydrogen-bond donors (Lipinski definition) is 2. The van der Waals surface area contributed by atoms with Gasteiger partial charge in [0, 0.05) is 12.8 Å². The highest BCUT2D eigenvalue weighted by atomic mass is 16.5. The van der Waals surface area contributed by atoms with Crippen molar-refractivity contribution in [3.8, 4) is 5.75 Å². The number of ketones is 1. The van der Waals surface area contributed by atoms with Gasteiger partial charge in [-0.05, 0) is 50.7 Å². The van der Waals surface area contributed by atoms with Crippen LogP contribution in [0.1, 0.15) is 71.1 Å². The van der Waals surface area contributed by atoms with E-state index in [-0.39, 0.29) is 18.8 Å². The van der Waals surface area contributed by atoms with Gasteiger partial charge in [0.05, 0.1) is 11.5 Å². The fourth-order valence-corrected chi connectivity index (χ4v) is 4.14. The van der Waals surface area contributed by atoms with Crippen LogP contribution in [0.25, 0.3) is 0 Å². The molecule has 1 aromatic rings. The van der Waals surface area contributed by atoms with Gasteiger partial charge in [-0.2, -0.15) is 0 Å². The van der Waals surface area contributed by atoms with E-state index < -0.39 is 17.5 Å². The molecule has 1 unspecified atom stereocenters. The van der Waals surface area contributed by atoms with E-state index in [9.17, 15) is 14.7 Å². The fraction of sp³-hybridized carbons (Fsp3) is 0.538. The van der Waals surface area contributed by atoms with Gasteiger partial charge in [0.15, 0.2) is 0 Å². The Bertz CT molecular complexity index is 752. The summed E-state index contributed by atoms with van der Waals surface area (Å²) < 4.78 is 5.65. The number of benzene rings is 1. The number of carbonyl (C=O) groups is 2. The molecule has 0 aliphatic heterocycles. The van der Waals surface area contributed by atoms with Crippen molar-refractivity contribution in [2.24, 2.45) is 5.41 Å². The number of aliphatic carboxylic acids is 1. The van der Waals surface area contributed by atoms with Crippen LogP contribution in [0.3, 0.4) is 0 Å². The maximum Gasteiger partial charge on any atom is 0.303 e. The van der Waals surface area contributed by atoms with Crippen LogP contribution in [0.4, 0.5) is 0 Å². The predicted octanol–water partition coefficient (Wildman–Crippen LogP) is 5.48. The largest absolute Gasteiger partial charge is 0.491 e. The summed E-state index contributed by atoms with van der Waals surface area (Å²) in [6.07, 6.45) is 12.2. The lowest BCUT2D eigenvalue weighted by Gasteiger charge is -2.31. The number of aliphatic hydroxyl groups excluding tert-OH is 1. The summed E-state index contributed by atoms with van der Waals surface area (Å²) in [4.78, 5) is 23.6. The molecule has 1 aliphatic rings. The Morgan fingerprint density at radius 3 is 2.71 bits per heavy atom. The van der Waals surface area contributed by atoms with Gasteiger partial charge in [-0.25, -0.2) is 0 Å². The van der Waals surface area contributed by atoms with Crippen LogP contribution < -0.4 is 4.74 Å². The van der Waals surface area contributed by atoms with Crippen molar-refractivity contribution in [1.82, 2.24) is 0 Å². The van der Waals surface area contributed by atoms with Crippen molar-refractivity contribution in [3.05, 3.63) is 54.1 Å². The molecule has 0 fully saturated rings. The topological polar surface area (TPSA) is 83.8 Å². The van der Waals surface area contributed by atoms with Crippen molar-refractivity contribution in [3.63, 3.8) is 0 Å². The number of allylic oxidation sites excluding steroid dienone is 4. The molecule has 170 valence electrons. The second-order valence-electron chi connectivity index (χ2n) is 8.32. The lowest BCUT2D eigenvalue weighted by atomic mass is 9.71. The number of Topliss-reactive ketones (excluding diaryl/α,β-unsaturated/α-hetero) is 1. The molecule has 1 aliphatic carbocycles. The van der Waals surface area contributed by atoms with Crippen LogP contribution >= 0.6 is 0 Å². The number of carbonyl (C=O) groups excluding carboxylic acids is 1. The molecule has 2 rings (SSSR count). The molecule has 1 aromatic carbocycles. The van der Waals surface area contributed by atoms with Gasteiger partial charge in [0.25, 0.3) is 0 Å². The third-order valence-electron chi connectivity index (χ3n) is 5.97. The third kappa shape index (κ3) is 7.98. The summed E-state index contributed by atoms with van der Waals surface area (Å²) in [6, 6.07) is 9.44. The van der Waals surface area contributed by atoms with Crippen molar-refractivity contribution < 1.29 is 24.5 Å². The number of carboxylic acid groups (broad SMARTS) is 1. The zero-order valence-corrected chi connectivity index (χ0v) is 18.6. The highest BCUT2D eigenvalue weighted by Gasteiger charge is 2.42. The van der Waals surface area contributed by atoms with Crippen molar-refractivity contribution in [2.45, 2.75) is 77.2 Å². The molecule has 5 nitrogen and oxygen atoms in total. The number of rotatable bonds is 15. The van der Waals surface area contributed by atoms with Crippen LogP contribution in [0, 0.1) is 5.41 Å². The average molecular weight is 429 g/mol. The zero-order chi connectivity index (χ0) is 22.5. The first kappa shape index (κ1) is 24.9. The molecule has 0 radical (unpaired) electrons. The molecule has 2 N–H and O–H groups in total. The molecular formula is C26H36O5. The molecule has 2 atom stereocenters. The molecule has 0 spiro atoms. The van der Waals surface area contributed by atoms with E-state index in [1.54, 1.807) is 0 Å². The Morgan fingerprint density at radius 1 is 1.23 bits per heavy atom. The number of para-hydroxylation sites is 1. The molecule has 0 bridgehead atoms. The third-order valence-corrected chi connectivity index (χ3v) is 5.97. The minimum Gasteiger partial charge on any atom is -0.491 e. The quantitative estimate of drug-likeness (QED) is 0.285. The van der Waals surface area contributed by atoms with Gasteiger partial charge in [-0.1, -0.05) is 61.8 Å². The van der Waals surface area contributed by atoms with E-state index in [1.165, 1.54) is 0 Å². The lowest BCUT2D eigenvalue weighted by Crippen LogP contribution is -2.29. The first-order valence-electron chi connectivity index (χ1n) is 11.4. The van der Waals surface area contributed by atoms with E-state index in [2.05, 4.69) is 13.0 Å². The highest BCUT2D eigenvalue weighted by Crippen LogP contribution is 2.46. The van der Waals surface area contributed by atoms with Crippen molar-refractivity contribution in [1.29, 1.82) is 0 Å². The summed E-state index contributed by atoms with van der Waals surface area (Å²) in [5.41, 5.74) is 0.666. The summed E-state index contributed by atoms with van der Waals surface area (Å²) >= 11 is 0. The highest BCUT2D eigenvalue weighted by molar-refractivity contribution is 5.92. The molecule has 0 saturated heterocycles. The second-order valence-corrected chi connectivity index (χ2v) is 8.32. The van der Waals surface area contributed by atoms with Crippen molar-refractivity contribution >= 4 is 11.8 Å². The van der Waals surface area contributed by atoms with Crippen LogP contribution in [0.2, 0.25) is 0 Å². The van der Waals surface area contributed by atoms with E-state index in [0.29, 0.717) is 38.5 Å². The van der Waals surface area contributed by atoms with Gasteiger partial charge >= 0.3 is 5.97 Å². The van der Waals surface area contributed by atoms with Crippen LogP contribution in [-0.2, 0) is 9.59 Å². The number of carboxylic acids is 1. The first-order valence-corrected chi connectivity index (χ1v) is 11.4. The first-order chi connectivity index (χ1) is 15.0. The normalized spacial score (nSPS) is 19.5. The molecular weight excluding hydrogens is 392 g/mol. The number of hydrogen-bond acceptors (Lipinski definition) is 4. The van der Waals surface area contributed by atoms with Crippen molar-refractivity contribution in [2.75, 3.05) is 6.61 Å². The average Bonchev–Trinajstić information content (AvgIpc) is 3.07. The minimum atomic E-state index is -0.779. The molecule has 0 aromatic heterocycles. The summed E-state index contributed by atoms with van der Waals surface area (Å²) in [5, 5.41) is 19.2. The van der Waals surface area contributed by atoms with Crippen LogP contribution in [-0.4, -0.2) is 34.7 Å². The minimum absolute atomic E-state index is 0.165. The van der Waals surface area contributed by atoms with Gasteiger partial charge < -0.3 is 14.9 Å². The molecule has 31 heavy (non-hydrogen) atoms. The monoisotopic (exact) mass is 428 g/mol. The Hall–Kier alpha value is -2.40. The molecule has 5 heteroatoms. The van der Waals surface area contributed by atoms with E-state index in [4.69, 9.17) is 9.84 Å². The molecule has 0 saturated carbocycles. The van der Waals surface area contributed by atoms with Crippen LogP contribution in [0.5, 0.6) is 5.75 Å². The van der Waals surface area contributed by atoms with Gasteiger partial charge in [-0.15, -0.1) is 0 Å². The van der Waals surface area contributed by atoms with Gasteiger partial charge in [-0.3, -0.25) is 9.59 Å². The summed E-state index contributed by atoms with van der Waals surface area (Å²) in [7, 11) is 0. The predicted molar refractivity (Wildman–Crippen MR) is 122 cm³/mol. The van der Waals surface area contributed by atoms with Gasteiger partial charge in [0.1, 0.15) is 18.1 Å². The number of ether oxygens (including phenoxy) is 1. The Labute approximate surface area is 185 Å². The SMILES string of the molecule is CCCC[C@]1(C/C=C\CCCC(=O)O)C(=O)CC=C1CCC(O)COc1ccccc1. The summed E-state index contributed by atoms with van der Waals surface area (Å²) in [5.74, 6) is 0.224. The van der Waals surface area contributed by atoms with Gasteiger partial charge in [0.2, 0.25) is 0 Å². The van der Waals surface area contributed by atoms with E-state index >= 15 is 0 Å². The second kappa shape index (κ2) is 13.1. The number of unbranched alkanes of at least 4 members (excludes halogenated alkanes) is 2. The number of aliphatic hydroxyl groups is 1. The molecule has 0 amide bonds. The van der Waals surface area contributed by atoms with Crippen LogP contribution in [0.15, 0.2) is 54.1 Å². The maximum atomic E-state index is 12.9. The smallest absolute Gasteiger partial charge is 0.303 e. The Kier molecular flexibility index (Phi) is 10.5. The zero-order valence-electron chi connectivity index (χ0n) is 18.6. The Balaban J connectivity index is 1.92. The summed E-state index contributed by atoms with van der Waals surface area (Å²) in [6.45, 7) is 2.36. The van der Waals surface area contributed by atoms with E-state index in [0.717, 1.165) is 30.6 Å². The molecule has 0 heterocycles. The standard InChI is InChI=1S/C26H36O5/c1-2-3-18-26(19-10-5-4-9-13-25(29)30)21(15-17-24(26)28)14-16-22(27)20-31-23-11-7-6-8-12-23/h5-8,10-12,15,22,27H,2-4,9,13-14,16-20H2,1H3,(H,29,30)/b10-5-/t22?,26-/m1/s1. The fourth-order valence-electron chi connectivity index (χ4n) is 4.14. The van der Waals surface area contributed by atoms with E-state index in [1.807, 2.05) is 42.5 Å². The maximum absolute atomic E-state index is 12.9.